The molecule has 1 amide bonds. The van der Waals surface area contributed by atoms with E-state index in [1.165, 1.54) is 0 Å². The molecule has 1 atom stereocenters. The number of halogens is 1. The summed E-state index contributed by atoms with van der Waals surface area (Å²) in [6.45, 7) is 1.04. The van der Waals surface area contributed by atoms with Crippen LogP contribution in [0.3, 0.4) is 0 Å². The maximum absolute atomic E-state index is 11.7. The Labute approximate surface area is 111 Å². The number of benzene rings is 1. The van der Waals surface area contributed by atoms with Crippen LogP contribution in [0.5, 0.6) is 11.5 Å². The summed E-state index contributed by atoms with van der Waals surface area (Å²) in [5.74, 6) is 1.52. The molecule has 1 aliphatic rings. The average Bonchev–Trinajstić information content (AvgIpc) is 2.68. The van der Waals surface area contributed by atoms with Crippen LogP contribution in [-0.2, 0) is 11.3 Å². The lowest BCUT2D eigenvalue weighted by Gasteiger charge is -2.19. The van der Waals surface area contributed by atoms with Crippen molar-refractivity contribution in [2.45, 2.75) is 18.3 Å². The number of methoxy groups -OCH3 is 2. The highest BCUT2D eigenvalue weighted by Gasteiger charge is 2.29. The van der Waals surface area contributed by atoms with E-state index in [-0.39, 0.29) is 11.3 Å². The number of nitrogens with zero attached hydrogens (tertiary/aromatic N) is 1. The van der Waals surface area contributed by atoms with E-state index >= 15 is 0 Å². The molecule has 1 aliphatic heterocycles. The average molecular weight is 270 g/mol. The van der Waals surface area contributed by atoms with Crippen molar-refractivity contribution < 1.29 is 14.3 Å². The Balaban J connectivity index is 2.25. The second kappa shape index (κ2) is 5.48. The molecular weight excluding hydrogens is 254 g/mol. The van der Waals surface area contributed by atoms with E-state index in [2.05, 4.69) is 0 Å². The molecule has 1 heterocycles. The molecule has 0 bridgehead atoms. The number of amides is 1. The van der Waals surface area contributed by atoms with Gasteiger partial charge in [-0.3, -0.25) is 4.79 Å². The van der Waals surface area contributed by atoms with Crippen molar-refractivity contribution in [2.24, 2.45) is 0 Å². The van der Waals surface area contributed by atoms with Gasteiger partial charge in [0.15, 0.2) is 0 Å². The fourth-order valence-electron chi connectivity index (χ4n) is 2.15. The SMILES string of the molecule is COc1cccc(OC)c1CN1CC(Cl)CC1=O. The number of alkyl halides is 1. The van der Waals surface area contributed by atoms with Crippen molar-refractivity contribution in [3.63, 3.8) is 0 Å². The second-order valence-electron chi connectivity index (χ2n) is 4.22. The third-order valence-corrected chi connectivity index (χ3v) is 3.34. The fourth-order valence-corrected chi connectivity index (χ4v) is 2.45. The molecule has 0 aliphatic carbocycles. The maximum atomic E-state index is 11.7. The molecule has 1 saturated heterocycles. The maximum Gasteiger partial charge on any atom is 0.224 e. The molecule has 0 radical (unpaired) electrons. The molecule has 0 aromatic heterocycles. The molecule has 0 spiro atoms. The van der Waals surface area contributed by atoms with Gasteiger partial charge in [0.05, 0.1) is 31.7 Å². The van der Waals surface area contributed by atoms with Crippen LogP contribution in [0, 0.1) is 0 Å². The van der Waals surface area contributed by atoms with Crippen molar-refractivity contribution >= 4 is 17.5 Å². The third-order valence-electron chi connectivity index (χ3n) is 3.05. The minimum absolute atomic E-state index is 0.0722. The summed E-state index contributed by atoms with van der Waals surface area (Å²) in [5, 5.41) is -0.0989. The van der Waals surface area contributed by atoms with Gasteiger partial charge in [-0.1, -0.05) is 6.07 Å². The van der Waals surface area contributed by atoms with Gasteiger partial charge in [0.2, 0.25) is 5.91 Å². The molecule has 1 unspecified atom stereocenters. The van der Waals surface area contributed by atoms with Gasteiger partial charge >= 0.3 is 0 Å². The normalized spacial score (nSPS) is 19.2. The number of rotatable bonds is 4. The van der Waals surface area contributed by atoms with E-state index in [0.29, 0.717) is 19.5 Å². The van der Waals surface area contributed by atoms with Crippen molar-refractivity contribution in [3.8, 4) is 11.5 Å². The summed E-state index contributed by atoms with van der Waals surface area (Å²) < 4.78 is 10.6. The van der Waals surface area contributed by atoms with Crippen LogP contribution in [0.2, 0.25) is 0 Å². The van der Waals surface area contributed by atoms with Crippen molar-refractivity contribution in [1.82, 2.24) is 4.90 Å². The quantitative estimate of drug-likeness (QED) is 0.786. The van der Waals surface area contributed by atoms with Gasteiger partial charge in [-0.05, 0) is 12.1 Å². The first-order valence-electron chi connectivity index (χ1n) is 5.77. The summed E-state index contributed by atoms with van der Waals surface area (Å²) in [6.07, 6.45) is 0.402. The van der Waals surface area contributed by atoms with E-state index in [1.807, 2.05) is 18.2 Å². The molecule has 4 nitrogen and oxygen atoms in total. The summed E-state index contributed by atoms with van der Waals surface area (Å²) in [5.41, 5.74) is 0.876. The highest BCUT2D eigenvalue weighted by Crippen LogP contribution is 2.31. The Morgan fingerprint density at radius 1 is 1.33 bits per heavy atom. The number of ether oxygens (including phenoxy) is 2. The molecule has 1 aromatic rings. The molecule has 1 aromatic carbocycles. The van der Waals surface area contributed by atoms with Gasteiger partial charge in [0, 0.05) is 13.0 Å². The predicted octanol–water partition coefficient (Wildman–Crippen LogP) is 2.04. The zero-order chi connectivity index (χ0) is 13.1. The number of hydrogen-bond acceptors (Lipinski definition) is 3. The zero-order valence-electron chi connectivity index (χ0n) is 10.5. The van der Waals surface area contributed by atoms with Crippen LogP contribution >= 0.6 is 11.6 Å². The molecule has 5 heteroatoms. The third kappa shape index (κ3) is 2.53. The highest BCUT2D eigenvalue weighted by molar-refractivity contribution is 6.22. The fraction of sp³-hybridized carbons (Fsp3) is 0.462. The highest BCUT2D eigenvalue weighted by atomic mass is 35.5. The van der Waals surface area contributed by atoms with Crippen LogP contribution in [0.15, 0.2) is 18.2 Å². The summed E-state index contributed by atoms with van der Waals surface area (Å²) in [7, 11) is 3.21. The van der Waals surface area contributed by atoms with E-state index in [1.54, 1.807) is 19.1 Å². The smallest absolute Gasteiger partial charge is 0.224 e. The molecule has 18 heavy (non-hydrogen) atoms. The minimum Gasteiger partial charge on any atom is -0.496 e. The summed E-state index contributed by atoms with van der Waals surface area (Å²) >= 11 is 5.99. The number of carbonyl (C=O) groups excluding carboxylic acids is 1. The van der Waals surface area contributed by atoms with Crippen LogP contribution in [-0.4, -0.2) is 36.9 Å². The zero-order valence-corrected chi connectivity index (χ0v) is 11.2. The van der Waals surface area contributed by atoms with Crippen molar-refractivity contribution in [2.75, 3.05) is 20.8 Å². The van der Waals surface area contributed by atoms with E-state index < -0.39 is 0 Å². The Kier molecular flexibility index (Phi) is 3.97. The van der Waals surface area contributed by atoms with E-state index in [4.69, 9.17) is 21.1 Å². The first-order valence-corrected chi connectivity index (χ1v) is 6.21. The molecule has 0 saturated carbocycles. The van der Waals surface area contributed by atoms with Gasteiger partial charge < -0.3 is 14.4 Å². The first-order chi connectivity index (χ1) is 8.65. The number of likely N-dealkylation sites (tertiary alicyclic amines) is 1. The lowest BCUT2D eigenvalue weighted by Crippen LogP contribution is -2.25. The van der Waals surface area contributed by atoms with Crippen molar-refractivity contribution in [3.05, 3.63) is 23.8 Å². The Morgan fingerprint density at radius 3 is 2.39 bits per heavy atom. The molecule has 1 fully saturated rings. The van der Waals surface area contributed by atoms with E-state index in [0.717, 1.165) is 17.1 Å². The topological polar surface area (TPSA) is 38.8 Å². The summed E-state index contributed by atoms with van der Waals surface area (Å²) in [6, 6.07) is 5.57. The largest absolute Gasteiger partial charge is 0.496 e. The standard InChI is InChI=1S/C13H16ClNO3/c1-17-11-4-3-5-12(18-2)10(11)8-15-7-9(14)6-13(15)16/h3-5,9H,6-8H2,1-2H3. The lowest BCUT2D eigenvalue weighted by atomic mass is 10.1. The van der Waals surface area contributed by atoms with Gasteiger partial charge in [-0.2, -0.15) is 0 Å². The number of carbonyl (C=O) groups is 1. The monoisotopic (exact) mass is 269 g/mol. The Hall–Kier alpha value is -1.42. The summed E-state index contributed by atoms with van der Waals surface area (Å²) in [4.78, 5) is 13.5. The molecule has 2 rings (SSSR count). The number of hydrogen-bond donors (Lipinski definition) is 0. The molecule has 98 valence electrons. The second-order valence-corrected chi connectivity index (χ2v) is 4.83. The molecule has 0 N–H and O–H groups in total. The molecular formula is C13H16ClNO3. The van der Waals surface area contributed by atoms with E-state index in [9.17, 15) is 4.79 Å². The first kappa shape index (κ1) is 13.0. The van der Waals surface area contributed by atoms with Gasteiger partial charge in [-0.15, -0.1) is 11.6 Å². The van der Waals surface area contributed by atoms with Crippen LogP contribution in [0.4, 0.5) is 0 Å². The lowest BCUT2D eigenvalue weighted by molar-refractivity contribution is -0.128. The van der Waals surface area contributed by atoms with Gasteiger partial charge in [-0.25, -0.2) is 0 Å². The Bertz CT molecular complexity index is 428. The Morgan fingerprint density at radius 2 is 1.94 bits per heavy atom. The minimum atomic E-state index is -0.0989. The van der Waals surface area contributed by atoms with Gasteiger partial charge in [0.1, 0.15) is 11.5 Å². The predicted molar refractivity (Wildman–Crippen MR) is 69.2 cm³/mol. The van der Waals surface area contributed by atoms with Crippen LogP contribution in [0.1, 0.15) is 12.0 Å². The van der Waals surface area contributed by atoms with Crippen LogP contribution < -0.4 is 9.47 Å². The van der Waals surface area contributed by atoms with Crippen LogP contribution in [0.25, 0.3) is 0 Å². The van der Waals surface area contributed by atoms with Gasteiger partial charge in [0.25, 0.3) is 0 Å². The van der Waals surface area contributed by atoms with Crippen molar-refractivity contribution in [1.29, 1.82) is 0 Å².